The molecule has 0 aliphatic heterocycles. The third-order valence-corrected chi connectivity index (χ3v) is 4.84. The largest absolute Gasteiger partial charge is 0.493 e. The number of aryl methyl sites for hydroxylation is 3. The maximum Gasteiger partial charge on any atom is 0.122 e. The van der Waals surface area contributed by atoms with E-state index in [0.29, 0.717) is 5.92 Å². The molecule has 0 bridgehead atoms. The van der Waals surface area contributed by atoms with Gasteiger partial charge in [-0.25, -0.2) is 4.98 Å². The second-order valence-electron chi connectivity index (χ2n) is 7.75. The first kappa shape index (κ1) is 19.8. The summed E-state index contributed by atoms with van der Waals surface area (Å²) in [6.45, 7) is 7.78. The number of rotatable bonds is 8. The van der Waals surface area contributed by atoms with Gasteiger partial charge in [-0.15, -0.1) is 0 Å². The Hall–Kier alpha value is -3.48. The first-order chi connectivity index (χ1) is 14.6. The van der Waals surface area contributed by atoms with Gasteiger partial charge in [0.2, 0.25) is 0 Å². The number of aromatic nitrogens is 6. The summed E-state index contributed by atoms with van der Waals surface area (Å²) < 4.78 is 8.06. The van der Waals surface area contributed by atoms with Gasteiger partial charge >= 0.3 is 0 Å². The van der Waals surface area contributed by atoms with Crippen LogP contribution in [0.5, 0.6) is 5.75 Å². The van der Waals surface area contributed by atoms with Gasteiger partial charge < -0.3 is 9.30 Å². The maximum atomic E-state index is 5.97. The summed E-state index contributed by atoms with van der Waals surface area (Å²) in [6, 6.07) is 12.2. The summed E-state index contributed by atoms with van der Waals surface area (Å²) in [6.07, 6.45) is 6.53. The zero-order chi connectivity index (χ0) is 20.9. The van der Waals surface area contributed by atoms with Crippen LogP contribution in [-0.4, -0.2) is 36.6 Å². The number of aromatic amines is 1. The normalized spacial score (nSPS) is 11.2. The van der Waals surface area contributed by atoms with Crippen LogP contribution in [0, 0.1) is 12.8 Å². The number of para-hydroxylation sites is 1. The highest BCUT2D eigenvalue weighted by atomic mass is 16.5. The standard InChI is InChI=1S/C23H26N6O/c1-16(2)14-30-22-7-5-4-6-18(22)9-11-29-13-21(25-15-29)20-12-19(8-10-24-20)23-17(3)26-28-27-23/h4-8,10,12-13,15-16H,9,11,14H2,1-3H3,(H,26,27,28). The molecule has 0 saturated heterocycles. The quantitative estimate of drug-likeness (QED) is 0.475. The van der Waals surface area contributed by atoms with Crippen molar-refractivity contribution >= 4 is 0 Å². The van der Waals surface area contributed by atoms with Crippen LogP contribution in [0.15, 0.2) is 55.1 Å². The lowest BCUT2D eigenvalue weighted by Crippen LogP contribution is -2.07. The number of imidazole rings is 1. The molecular weight excluding hydrogens is 376 g/mol. The number of benzene rings is 1. The third-order valence-electron chi connectivity index (χ3n) is 4.84. The Labute approximate surface area is 176 Å². The number of hydrogen-bond acceptors (Lipinski definition) is 5. The highest BCUT2D eigenvalue weighted by molar-refractivity contribution is 5.67. The maximum absolute atomic E-state index is 5.97. The van der Waals surface area contributed by atoms with Gasteiger partial charge in [-0.05, 0) is 43.0 Å². The van der Waals surface area contributed by atoms with Crippen LogP contribution < -0.4 is 4.74 Å². The number of ether oxygens (including phenoxy) is 1. The first-order valence-corrected chi connectivity index (χ1v) is 10.2. The van der Waals surface area contributed by atoms with E-state index in [9.17, 15) is 0 Å². The minimum atomic E-state index is 0.499. The average Bonchev–Trinajstić information content (AvgIpc) is 3.40. The van der Waals surface area contributed by atoms with Gasteiger partial charge in [-0.2, -0.15) is 15.4 Å². The Balaban J connectivity index is 1.47. The molecule has 3 aromatic heterocycles. The Bertz CT molecular complexity index is 1110. The van der Waals surface area contributed by atoms with Crippen LogP contribution in [0.3, 0.4) is 0 Å². The van der Waals surface area contributed by atoms with Gasteiger partial charge in [0.05, 0.1) is 24.3 Å². The van der Waals surface area contributed by atoms with Crippen molar-refractivity contribution in [1.82, 2.24) is 29.9 Å². The van der Waals surface area contributed by atoms with Crippen LogP contribution in [0.1, 0.15) is 25.1 Å². The molecule has 4 aromatic rings. The summed E-state index contributed by atoms with van der Waals surface area (Å²) in [5.74, 6) is 1.46. The second kappa shape index (κ2) is 8.90. The van der Waals surface area contributed by atoms with Crippen LogP contribution in [0.25, 0.3) is 22.6 Å². The third kappa shape index (κ3) is 4.56. The van der Waals surface area contributed by atoms with Crippen LogP contribution in [-0.2, 0) is 13.0 Å². The highest BCUT2D eigenvalue weighted by Crippen LogP contribution is 2.24. The van der Waals surface area contributed by atoms with E-state index >= 15 is 0 Å². The fourth-order valence-electron chi connectivity index (χ4n) is 3.25. The monoisotopic (exact) mass is 402 g/mol. The van der Waals surface area contributed by atoms with E-state index in [1.165, 1.54) is 5.56 Å². The number of pyridine rings is 1. The van der Waals surface area contributed by atoms with Crippen molar-refractivity contribution in [3.63, 3.8) is 0 Å². The Kier molecular flexibility index (Phi) is 5.88. The van der Waals surface area contributed by atoms with Gasteiger partial charge in [0.1, 0.15) is 17.1 Å². The summed E-state index contributed by atoms with van der Waals surface area (Å²) in [4.78, 5) is 9.03. The SMILES string of the molecule is Cc1n[nH]nc1-c1ccnc(-c2cn(CCc3ccccc3OCC(C)C)cn2)c1. The second-order valence-corrected chi connectivity index (χ2v) is 7.75. The zero-order valence-corrected chi connectivity index (χ0v) is 17.5. The fourth-order valence-corrected chi connectivity index (χ4v) is 3.25. The van der Waals surface area contributed by atoms with Gasteiger partial charge in [-0.3, -0.25) is 4.98 Å². The molecular formula is C23H26N6O. The van der Waals surface area contributed by atoms with E-state index in [-0.39, 0.29) is 0 Å². The van der Waals surface area contributed by atoms with Crippen LogP contribution in [0.2, 0.25) is 0 Å². The van der Waals surface area contributed by atoms with Crippen molar-refractivity contribution in [2.75, 3.05) is 6.61 Å². The molecule has 30 heavy (non-hydrogen) atoms. The molecule has 3 heterocycles. The summed E-state index contributed by atoms with van der Waals surface area (Å²) in [7, 11) is 0. The molecule has 7 nitrogen and oxygen atoms in total. The first-order valence-electron chi connectivity index (χ1n) is 10.2. The number of hydrogen-bond donors (Lipinski definition) is 1. The molecule has 0 saturated carbocycles. The summed E-state index contributed by atoms with van der Waals surface area (Å²) in [5.41, 5.74) is 5.51. The topological polar surface area (TPSA) is 81.5 Å². The molecule has 0 amide bonds. The van der Waals surface area contributed by atoms with Crippen LogP contribution >= 0.6 is 0 Å². The Morgan fingerprint density at radius 1 is 1.07 bits per heavy atom. The number of H-pyrrole nitrogens is 1. The molecule has 7 heteroatoms. The van der Waals surface area contributed by atoms with Crippen molar-refractivity contribution in [2.24, 2.45) is 5.92 Å². The van der Waals surface area contributed by atoms with Crippen molar-refractivity contribution in [3.8, 4) is 28.4 Å². The predicted molar refractivity (Wildman–Crippen MR) is 116 cm³/mol. The molecule has 0 spiro atoms. The summed E-state index contributed by atoms with van der Waals surface area (Å²) in [5, 5.41) is 11.0. The van der Waals surface area contributed by atoms with E-state index in [2.05, 4.69) is 55.9 Å². The fraction of sp³-hybridized carbons (Fsp3) is 0.304. The minimum absolute atomic E-state index is 0.499. The molecule has 1 aromatic carbocycles. The molecule has 0 unspecified atom stereocenters. The lowest BCUT2D eigenvalue weighted by Gasteiger charge is -2.13. The predicted octanol–water partition coefficient (Wildman–Crippen LogP) is 4.32. The molecule has 154 valence electrons. The zero-order valence-electron chi connectivity index (χ0n) is 17.5. The van der Waals surface area contributed by atoms with E-state index in [1.807, 2.05) is 43.7 Å². The van der Waals surface area contributed by atoms with Crippen LogP contribution in [0.4, 0.5) is 0 Å². The molecule has 4 rings (SSSR count). The van der Waals surface area contributed by atoms with Gasteiger partial charge in [0.25, 0.3) is 0 Å². The molecule has 0 aliphatic carbocycles. The van der Waals surface area contributed by atoms with E-state index in [0.717, 1.165) is 53.7 Å². The van der Waals surface area contributed by atoms with Gasteiger partial charge in [0, 0.05) is 24.5 Å². The van der Waals surface area contributed by atoms with Gasteiger partial charge in [0.15, 0.2) is 0 Å². The minimum Gasteiger partial charge on any atom is -0.493 e. The Morgan fingerprint density at radius 2 is 1.93 bits per heavy atom. The number of nitrogens with zero attached hydrogens (tertiary/aromatic N) is 5. The molecule has 0 fully saturated rings. The average molecular weight is 403 g/mol. The van der Waals surface area contributed by atoms with E-state index in [4.69, 9.17) is 4.74 Å². The van der Waals surface area contributed by atoms with E-state index < -0.39 is 0 Å². The molecule has 0 radical (unpaired) electrons. The lowest BCUT2D eigenvalue weighted by atomic mass is 10.1. The number of nitrogens with one attached hydrogen (secondary N) is 1. The van der Waals surface area contributed by atoms with Crippen molar-refractivity contribution < 1.29 is 4.74 Å². The Morgan fingerprint density at radius 3 is 2.73 bits per heavy atom. The molecule has 0 aliphatic rings. The highest BCUT2D eigenvalue weighted by Gasteiger charge is 2.11. The molecule has 1 N–H and O–H groups in total. The van der Waals surface area contributed by atoms with Gasteiger partial charge in [-0.1, -0.05) is 32.0 Å². The van der Waals surface area contributed by atoms with Crippen molar-refractivity contribution in [3.05, 3.63) is 66.4 Å². The van der Waals surface area contributed by atoms with E-state index in [1.54, 1.807) is 6.20 Å². The lowest BCUT2D eigenvalue weighted by molar-refractivity contribution is 0.268. The smallest absolute Gasteiger partial charge is 0.122 e. The van der Waals surface area contributed by atoms with Crippen molar-refractivity contribution in [1.29, 1.82) is 0 Å². The van der Waals surface area contributed by atoms with Crippen molar-refractivity contribution in [2.45, 2.75) is 33.7 Å². The summed E-state index contributed by atoms with van der Waals surface area (Å²) >= 11 is 0. The molecule has 0 atom stereocenters.